The number of amides is 1. The zero-order valence-electron chi connectivity index (χ0n) is 5.18. The van der Waals surface area contributed by atoms with Gasteiger partial charge in [-0.2, -0.15) is 0 Å². The van der Waals surface area contributed by atoms with Crippen LogP contribution in [0.5, 0.6) is 0 Å². The third kappa shape index (κ3) is 2.58. The molecule has 0 heterocycles. The second-order valence-corrected chi connectivity index (χ2v) is 1.37. The van der Waals surface area contributed by atoms with Gasteiger partial charge in [0.15, 0.2) is 0 Å². The van der Waals surface area contributed by atoms with Crippen molar-refractivity contribution < 1.29 is 9.53 Å². The lowest BCUT2D eigenvalue weighted by atomic mass is 10.7. The van der Waals surface area contributed by atoms with E-state index in [2.05, 4.69) is 4.74 Å². The highest BCUT2D eigenvalue weighted by Crippen LogP contribution is 1.78. The van der Waals surface area contributed by atoms with Gasteiger partial charge in [-0.05, 0) is 6.92 Å². The van der Waals surface area contributed by atoms with Crippen LogP contribution < -0.4 is 0 Å². The summed E-state index contributed by atoms with van der Waals surface area (Å²) in [7, 11) is 1.54. The van der Waals surface area contributed by atoms with Crippen molar-refractivity contribution in [3.63, 3.8) is 0 Å². The standard InChI is InChI=1S/C5H10NO2/c1-3-6(4-7)5-8-2/h3,5H2,1-2H3. The highest BCUT2D eigenvalue weighted by Gasteiger charge is 1.93. The van der Waals surface area contributed by atoms with E-state index in [1.807, 2.05) is 6.92 Å². The highest BCUT2D eigenvalue weighted by atomic mass is 16.5. The summed E-state index contributed by atoms with van der Waals surface area (Å²) >= 11 is 0. The molecule has 3 heteroatoms. The Kier molecular flexibility index (Phi) is 4.26. The fourth-order valence-electron chi connectivity index (χ4n) is 0.338. The summed E-state index contributed by atoms with van der Waals surface area (Å²) in [5.41, 5.74) is 0. The van der Waals surface area contributed by atoms with Crippen LogP contribution in [0.15, 0.2) is 0 Å². The largest absolute Gasteiger partial charge is 0.364 e. The Hall–Kier alpha value is -0.570. The van der Waals surface area contributed by atoms with E-state index in [0.29, 0.717) is 13.3 Å². The molecule has 3 nitrogen and oxygen atoms in total. The average molecular weight is 116 g/mol. The zero-order valence-corrected chi connectivity index (χ0v) is 5.18. The molecule has 0 saturated heterocycles. The first-order valence-electron chi connectivity index (χ1n) is 2.46. The van der Waals surface area contributed by atoms with Gasteiger partial charge < -0.3 is 9.64 Å². The van der Waals surface area contributed by atoms with Crippen molar-refractivity contribution in [2.75, 3.05) is 20.4 Å². The van der Waals surface area contributed by atoms with E-state index < -0.39 is 0 Å². The number of methoxy groups -OCH3 is 1. The van der Waals surface area contributed by atoms with Gasteiger partial charge in [0.2, 0.25) is 0 Å². The lowest BCUT2D eigenvalue weighted by Crippen LogP contribution is -2.23. The van der Waals surface area contributed by atoms with Crippen molar-refractivity contribution in [3.05, 3.63) is 0 Å². The van der Waals surface area contributed by atoms with E-state index in [9.17, 15) is 4.79 Å². The van der Waals surface area contributed by atoms with Gasteiger partial charge in [0.05, 0.1) is 0 Å². The first-order valence-corrected chi connectivity index (χ1v) is 2.46. The van der Waals surface area contributed by atoms with Crippen molar-refractivity contribution in [3.8, 4) is 0 Å². The van der Waals surface area contributed by atoms with Crippen molar-refractivity contribution in [1.29, 1.82) is 0 Å². The second-order valence-electron chi connectivity index (χ2n) is 1.37. The quantitative estimate of drug-likeness (QED) is 0.381. The van der Waals surface area contributed by atoms with Gasteiger partial charge in [0.1, 0.15) is 6.73 Å². The fourth-order valence-corrected chi connectivity index (χ4v) is 0.338. The van der Waals surface area contributed by atoms with Gasteiger partial charge in [-0.15, -0.1) is 0 Å². The van der Waals surface area contributed by atoms with E-state index >= 15 is 0 Å². The lowest BCUT2D eigenvalue weighted by Gasteiger charge is -2.09. The summed E-state index contributed by atoms with van der Waals surface area (Å²) in [6.45, 7) is 2.85. The molecule has 0 spiro atoms. The minimum atomic E-state index is 0.333. The zero-order chi connectivity index (χ0) is 6.41. The number of nitrogens with zero attached hydrogens (tertiary/aromatic N) is 1. The number of hydrogen-bond acceptors (Lipinski definition) is 2. The second kappa shape index (κ2) is 4.59. The van der Waals surface area contributed by atoms with Crippen molar-refractivity contribution in [1.82, 2.24) is 4.90 Å². The normalized spacial score (nSPS) is 8.75. The molecule has 0 aliphatic carbocycles. The number of ether oxygens (including phenoxy) is 1. The topological polar surface area (TPSA) is 29.5 Å². The average Bonchev–Trinajstić information content (AvgIpc) is 1.83. The Bertz CT molecular complexity index is 65.4. The predicted octanol–water partition coefficient (Wildman–Crippen LogP) is -0.0206. The third-order valence-electron chi connectivity index (χ3n) is 0.796. The molecular weight excluding hydrogens is 106 g/mol. The van der Waals surface area contributed by atoms with Crippen LogP contribution in [0.3, 0.4) is 0 Å². The molecule has 0 unspecified atom stereocenters. The molecule has 0 saturated carbocycles. The van der Waals surface area contributed by atoms with Gasteiger partial charge >= 0.3 is 6.41 Å². The van der Waals surface area contributed by atoms with Crippen LogP contribution in [0.4, 0.5) is 0 Å². The van der Waals surface area contributed by atoms with E-state index in [0.717, 1.165) is 0 Å². The minimum absolute atomic E-state index is 0.333. The van der Waals surface area contributed by atoms with Crippen LogP contribution in [0.25, 0.3) is 0 Å². The Morgan fingerprint density at radius 1 is 1.75 bits per heavy atom. The first-order chi connectivity index (χ1) is 3.85. The van der Waals surface area contributed by atoms with Crippen LogP contribution in [0.2, 0.25) is 0 Å². The lowest BCUT2D eigenvalue weighted by molar-refractivity contribution is 0.110. The van der Waals surface area contributed by atoms with E-state index in [-0.39, 0.29) is 0 Å². The molecule has 0 atom stereocenters. The molecule has 8 heavy (non-hydrogen) atoms. The van der Waals surface area contributed by atoms with Crippen LogP contribution >= 0.6 is 0 Å². The molecule has 0 aromatic heterocycles. The number of carbonyl (C=O) groups excluding carboxylic acids is 1. The van der Waals surface area contributed by atoms with Crippen molar-refractivity contribution in [2.45, 2.75) is 6.92 Å². The number of hydrogen-bond donors (Lipinski definition) is 0. The molecule has 0 aliphatic rings. The summed E-state index contributed by atoms with van der Waals surface area (Å²) in [6.07, 6.45) is 1.71. The first kappa shape index (κ1) is 7.43. The maximum atomic E-state index is 9.85. The Balaban J connectivity index is 3.21. The SMILES string of the molecule is CCN([C]=O)COC. The van der Waals surface area contributed by atoms with Gasteiger partial charge in [0.25, 0.3) is 0 Å². The van der Waals surface area contributed by atoms with E-state index in [1.165, 1.54) is 4.90 Å². The van der Waals surface area contributed by atoms with E-state index in [4.69, 9.17) is 0 Å². The summed E-state index contributed by atoms with van der Waals surface area (Å²) in [6, 6.07) is 0. The smallest absolute Gasteiger partial charge is 0.313 e. The molecular formula is C5H10NO2. The Morgan fingerprint density at radius 3 is 2.50 bits per heavy atom. The molecule has 0 bridgehead atoms. The highest BCUT2D eigenvalue weighted by molar-refractivity contribution is 5.47. The van der Waals surface area contributed by atoms with Crippen LogP contribution in [-0.2, 0) is 9.53 Å². The molecule has 0 fully saturated rings. The molecule has 1 radical (unpaired) electrons. The Labute approximate surface area is 49.2 Å². The summed E-state index contributed by atoms with van der Waals surface area (Å²) in [4.78, 5) is 11.2. The molecule has 47 valence electrons. The van der Waals surface area contributed by atoms with Gasteiger partial charge in [-0.1, -0.05) is 0 Å². The van der Waals surface area contributed by atoms with Gasteiger partial charge in [-0.25, -0.2) is 0 Å². The fraction of sp³-hybridized carbons (Fsp3) is 0.800. The molecule has 0 N–H and O–H groups in total. The predicted molar refractivity (Wildman–Crippen MR) is 29.9 cm³/mol. The molecule has 0 aromatic carbocycles. The van der Waals surface area contributed by atoms with Crippen molar-refractivity contribution in [2.24, 2.45) is 0 Å². The minimum Gasteiger partial charge on any atom is -0.364 e. The maximum absolute atomic E-state index is 9.85. The maximum Gasteiger partial charge on any atom is 0.313 e. The van der Waals surface area contributed by atoms with Crippen LogP contribution in [0.1, 0.15) is 6.92 Å². The third-order valence-corrected chi connectivity index (χ3v) is 0.796. The molecule has 1 amide bonds. The monoisotopic (exact) mass is 116 g/mol. The molecule has 0 aromatic rings. The Morgan fingerprint density at radius 2 is 2.38 bits per heavy atom. The molecule has 0 rings (SSSR count). The van der Waals surface area contributed by atoms with Crippen LogP contribution in [-0.4, -0.2) is 31.7 Å². The van der Waals surface area contributed by atoms with Crippen LogP contribution in [0, 0.1) is 0 Å². The summed E-state index contributed by atoms with van der Waals surface area (Å²) in [5, 5.41) is 0. The van der Waals surface area contributed by atoms with Gasteiger partial charge in [0, 0.05) is 13.7 Å². The summed E-state index contributed by atoms with van der Waals surface area (Å²) < 4.78 is 4.65. The molecule has 0 aliphatic heterocycles. The van der Waals surface area contributed by atoms with Crippen molar-refractivity contribution >= 4 is 6.41 Å². The summed E-state index contributed by atoms with van der Waals surface area (Å²) in [5.74, 6) is 0. The van der Waals surface area contributed by atoms with Gasteiger partial charge in [-0.3, -0.25) is 4.79 Å². The number of rotatable bonds is 4. The van der Waals surface area contributed by atoms with E-state index in [1.54, 1.807) is 13.5 Å².